The molecule has 3 N–H and O–H groups in total. The molecular weight excluding hydrogens is 234 g/mol. The van der Waals surface area contributed by atoms with Gasteiger partial charge in [0.2, 0.25) is 11.8 Å². The van der Waals surface area contributed by atoms with Crippen molar-refractivity contribution in [1.82, 2.24) is 15.9 Å². The zero-order chi connectivity index (χ0) is 12.3. The fourth-order valence-electron chi connectivity index (χ4n) is 1.45. The maximum Gasteiger partial charge on any atom is 0.238 e. The summed E-state index contributed by atoms with van der Waals surface area (Å²) in [5.41, 5.74) is 0. The quantitative estimate of drug-likeness (QED) is 0.350. The molecule has 16 heavy (non-hydrogen) atoms. The molecule has 2 amide bonds. The Balaban J connectivity index is 2.68. The Morgan fingerprint density at radius 1 is 1.50 bits per heavy atom. The Labute approximate surface area is 97.3 Å². The van der Waals surface area contributed by atoms with Crippen LogP contribution in [0.3, 0.4) is 0 Å². The van der Waals surface area contributed by atoms with Gasteiger partial charge < -0.3 is 21.0 Å². The summed E-state index contributed by atoms with van der Waals surface area (Å²) in [7, 11) is 0. The first-order chi connectivity index (χ1) is 7.45. The molecule has 1 saturated heterocycles. The molecule has 0 aromatic rings. The van der Waals surface area contributed by atoms with E-state index in [9.17, 15) is 14.8 Å². The molecule has 0 bridgehead atoms. The van der Waals surface area contributed by atoms with E-state index in [2.05, 4.69) is 22.9 Å². The monoisotopic (exact) mass is 246 g/mol. The molecule has 8 heteroatoms. The summed E-state index contributed by atoms with van der Waals surface area (Å²) in [5, 5.41) is 23.8. The second-order valence-corrected chi connectivity index (χ2v) is 3.87. The Morgan fingerprint density at radius 2 is 2.00 bits per heavy atom. The molecule has 0 spiro atoms. The Bertz CT molecular complexity index is 300. The van der Waals surface area contributed by atoms with Crippen molar-refractivity contribution in [3.8, 4) is 0 Å². The lowest BCUT2D eigenvalue weighted by atomic mass is 9.96. The van der Waals surface area contributed by atoms with Gasteiger partial charge in [-0.2, -0.15) is 0 Å². The van der Waals surface area contributed by atoms with Crippen molar-refractivity contribution in [2.75, 3.05) is 0 Å². The molecule has 1 atom stereocenters. The number of nitrogens with one attached hydrogen (secondary N) is 2. The van der Waals surface area contributed by atoms with Crippen molar-refractivity contribution in [3.05, 3.63) is 5.21 Å². The fourth-order valence-corrected chi connectivity index (χ4v) is 1.65. The molecule has 7 nitrogen and oxygen atoms in total. The van der Waals surface area contributed by atoms with Crippen molar-refractivity contribution >= 4 is 29.1 Å². The Morgan fingerprint density at radius 3 is 2.38 bits per heavy atom. The van der Waals surface area contributed by atoms with E-state index in [0.29, 0.717) is 6.42 Å². The molecule has 0 aromatic carbocycles. The van der Waals surface area contributed by atoms with E-state index in [-0.39, 0.29) is 16.8 Å². The van der Waals surface area contributed by atoms with Crippen molar-refractivity contribution < 1.29 is 14.8 Å². The van der Waals surface area contributed by atoms with E-state index >= 15 is 0 Å². The van der Waals surface area contributed by atoms with Crippen LogP contribution in [-0.4, -0.2) is 33.4 Å². The van der Waals surface area contributed by atoms with E-state index in [1.807, 2.05) is 0 Å². The third-order valence-corrected chi connectivity index (χ3v) is 2.60. The molecule has 90 valence electrons. The predicted molar refractivity (Wildman–Crippen MR) is 58.1 cm³/mol. The van der Waals surface area contributed by atoms with Gasteiger partial charge >= 0.3 is 0 Å². The van der Waals surface area contributed by atoms with Gasteiger partial charge in [0.1, 0.15) is 5.92 Å². The number of hydroxylamine groups is 2. The summed E-state index contributed by atoms with van der Waals surface area (Å²) in [6.45, 7) is 1.68. The highest BCUT2D eigenvalue weighted by atomic mass is 32.1. The minimum Gasteiger partial charge on any atom is -0.762 e. The number of amides is 2. The van der Waals surface area contributed by atoms with E-state index in [0.717, 1.165) is 0 Å². The van der Waals surface area contributed by atoms with Gasteiger partial charge in [-0.15, -0.1) is 0 Å². The van der Waals surface area contributed by atoms with Gasteiger partial charge in [-0.3, -0.25) is 14.8 Å². The fraction of sp³-hybridized carbons (Fsp3) is 0.625. The topological polar surface area (TPSA) is 105 Å². The SMILES string of the molecule is CC[C@@H](CC1C(=O)NC(=S)NC1=O)N([O-])O. The summed E-state index contributed by atoms with van der Waals surface area (Å²) in [6.07, 6.45) is 0.290. The van der Waals surface area contributed by atoms with Crippen LogP contribution in [0.4, 0.5) is 0 Å². The molecule has 1 heterocycles. The Kier molecular flexibility index (Phi) is 4.30. The van der Waals surface area contributed by atoms with E-state index in [4.69, 9.17) is 5.21 Å². The lowest BCUT2D eigenvalue weighted by Gasteiger charge is -2.33. The van der Waals surface area contributed by atoms with Gasteiger partial charge in [-0.1, -0.05) is 6.92 Å². The average molecular weight is 246 g/mol. The number of carbonyl (C=O) groups excluding carboxylic acids is 2. The van der Waals surface area contributed by atoms with Crippen LogP contribution in [0.1, 0.15) is 19.8 Å². The Hall–Kier alpha value is -1.09. The first-order valence-corrected chi connectivity index (χ1v) is 5.17. The zero-order valence-corrected chi connectivity index (χ0v) is 9.41. The first-order valence-electron chi connectivity index (χ1n) is 4.76. The lowest BCUT2D eigenvalue weighted by Crippen LogP contribution is -2.56. The standard InChI is InChI=1S/C8H12N3O4S/c1-2-4(11(14)15)3-5-6(12)9-8(16)10-7(5)13/h4-5,14H,2-3H2,1H3,(H2,9,10,12,13,16)/q-1/t4-/m0/s1. The highest BCUT2D eigenvalue weighted by molar-refractivity contribution is 7.80. The van der Waals surface area contributed by atoms with Crippen LogP contribution in [-0.2, 0) is 9.59 Å². The van der Waals surface area contributed by atoms with Gasteiger partial charge in [0.05, 0.1) is 0 Å². The van der Waals surface area contributed by atoms with Crippen LogP contribution in [0.5, 0.6) is 0 Å². The highest BCUT2D eigenvalue weighted by Gasteiger charge is 2.34. The predicted octanol–water partition coefficient (Wildman–Crippen LogP) is -0.509. The second kappa shape index (κ2) is 5.30. The molecule has 1 aliphatic heterocycles. The van der Waals surface area contributed by atoms with Crippen LogP contribution >= 0.6 is 12.2 Å². The van der Waals surface area contributed by atoms with Crippen molar-refractivity contribution in [3.63, 3.8) is 0 Å². The molecule has 1 fully saturated rings. The number of carbonyl (C=O) groups is 2. The number of hydrogen-bond acceptors (Lipinski definition) is 6. The highest BCUT2D eigenvalue weighted by Crippen LogP contribution is 2.15. The summed E-state index contributed by atoms with van der Waals surface area (Å²) >= 11 is 4.62. The summed E-state index contributed by atoms with van der Waals surface area (Å²) in [5.74, 6) is -2.09. The van der Waals surface area contributed by atoms with E-state index in [1.165, 1.54) is 0 Å². The smallest absolute Gasteiger partial charge is 0.238 e. The van der Waals surface area contributed by atoms with Crippen LogP contribution in [0.2, 0.25) is 0 Å². The second-order valence-electron chi connectivity index (χ2n) is 3.46. The van der Waals surface area contributed by atoms with Crippen molar-refractivity contribution in [1.29, 1.82) is 0 Å². The largest absolute Gasteiger partial charge is 0.762 e. The molecule has 0 radical (unpaired) electrons. The summed E-state index contributed by atoms with van der Waals surface area (Å²) < 4.78 is 0. The molecular formula is C8H12N3O4S-. The maximum absolute atomic E-state index is 11.4. The first kappa shape index (κ1) is 13.0. The minimum absolute atomic E-state index is 0.0396. The molecule has 1 aliphatic rings. The van der Waals surface area contributed by atoms with Gasteiger partial charge in [-0.25, -0.2) is 0 Å². The van der Waals surface area contributed by atoms with Gasteiger partial charge in [-0.05, 0) is 25.1 Å². The van der Waals surface area contributed by atoms with Crippen LogP contribution < -0.4 is 10.6 Å². The van der Waals surface area contributed by atoms with E-state index < -0.39 is 23.8 Å². The third-order valence-electron chi connectivity index (χ3n) is 2.40. The summed E-state index contributed by atoms with van der Waals surface area (Å²) in [6, 6.07) is -0.784. The molecule has 0 aromatic heterocycles. The number of nitrogens with zero attached hydrogens (tertiary/aromatic N) is 1. The van der Waals surface area contributed by atoms with Gasteiger partial charge in [0.25, 0.3) is 0 Å². The summed E-state index contributed by atoms with van der Waals surface area (Å²) in [4.78, 5) is 22.9. The number of rotatable bonds is 4. The normalized spacial score (nSPS) is 19.6. The van der Waals surface area contributed by atoms with Crippen LogP contribution in [0.15, 0.2) is 0 Å². The van der Waals surface area contributed by atoms with E-state index in [1.54, 1.807) is 6.92 Å². The zero-order valence-electron chi connectivity index (χ0n) is 8.60. The molecule has 0 unspecified atom stereocenters. The minimum atomic E-state index is -1.000. The lowest BCUT2D eigenvalue weighted by molar-refractivity contribution is -0.138. The molecule has 0 saturated carbocycles. The number of thiocarbonyl (C=S) groups is 1. The third kappa shape index (κ3) is 2.95. The molecule has 1 rings (SSSR count). The van der Waals surface area contributed by atoms with Crippen LogP contribution in [0.25, 0.3) is 0 Å². The van der Waals surface area contributed by atoms with Crippen molar-refractivity contribution in [2.24, 2.45) is 5.92 Å². The maximum atomic E-state index is 11.4. The van der Waals surface area contributed by atoms with Crippen molar-refractivity contribution in [2.45, 2.75) is 25.8 Å². The molecule has 0 aliphatic carbocycles. The van der Waals surface area contributed by atoms with Crippen LogP contribution in [0, 0.1) is 11.1 Å². The number of hydrogen-bond donors (Lipinski definition) is 3. The van der Waals surface area contributed by atoms with Gasteiger partial charge in [0, 0.05) is 6.04 Å². The average Bonchev–Trinajstić information content (AvgIpc) is 2.15. The van der Waals surface area contributed by atoms with Gasteiger partial charge in [0.15, 0.2) is 5.11 Å².